The van der Waals surface area contributed by atoms with E-state index in [-0.39, 0.29) is 48.1 Å². The third-order valence-electron chi connectivity index (χ3n) is 6.75. The molecular formula is C28H24F3N5O5S. The summed E-state index contributed by atoms with van der Waals surface area (Å²) in [4.78, 5) is 36.5. The van der Waals surface area contributed by atoms with Gasteiger partial charge in [0.15, 0.2) is 0 Å². The molecule has 2 aromatic heterocycles. The Kier molecular flexibility index (Phi) is 7.73. The monoisotopic (exact) mass is 599 g/mol. The normalized spacial score (nSPS) is 14.1. The zero-order chi connectivity index (χ0) is 30.1. The van der Waals surface area contributed by atoms with Crippen LogP contribution in [0.4, 0.5) is 18.9 Å². The van der Waals surface area contributed by atoms with Crippen LogP contribution in [0, 0.1) is 0 Å². The van der Waals surface area contributed by atoms with E-state index in [0.717, 1.165) is 18.3 Å². The molecule has 10 nitrogen and oxygen atoms in total. The summed E-state index contributed by atoms with van der Waals surface area (Å²) in [7, 11) is -2.75. The van der Waals surface area contributed by atoms with Gasteiger partial charge in [-0.1, -0.05) is 18.2 Å². The highest BCUT2D eigenvalue weighted by atomic mass is 32.2. The molecule has 0 bridgehead atoms. The van der Waals surface area contributed by atoms with E-state index in [2.05, 4.69) is 14.7 Å². The number of rotatable bonds is 6. The molecule has 1 fully saturated rings. The Labute approximate surface area is 238 Å². The molecule has 0 saturated carbocycles. The van der Waals surface area contributed by atoms with Gasteiger partial charge in [0.1, 0.15) is 16.3 Å². The molecule has 4 aromatic rings. The second-order valence-electron chi connectivity index (χ2n) is 9.33. The number of carbonyl (C=O) groups excluding carboxylic acids is 2. The Balaban J connectivity index is 1.29. The van der Waals surface area contributed by atoms with Crippen LogP contribution in [0.25, 0.3) is 10.9 Å². The highest BCUT2D eigenvalue weighted by molar-refractivity contribution is 7.93. The summed E-state index contributed by atoms with van der Waals surface area (Å²) >= 11 is 0. The van der Waals surface area contributed by atoms with Crippen LogP contribution in [0.2, 0.25) is 0 Å². The Bertz CT molecular complexity index is 1770. The van der Waals surface area contributed by atoms with E-state index >= 15 is 0 Å². The first kappa shape index (κ1) is 28.8. The van der Waals surface area contributed by atoms with Crippen molar-refractivity contribution in [2.24, 2.45) is 0 Å². The summed E-state index contributed by atoms with van der Waals surface area (Å²) in [6.07, 6.45) is -2.11. The van der Waals surface area contributed by atoms with Crippen LogP contribution >= 0.6 is 0 Å². The van der Waals surface area contributed by atoms with Gasteiger partial charge in [0.2, 0.25) is 0 Å². The molecule has 5 rings (SSSR count). The fourth-order valence-electron chi connectivity index (χ4n) is 4.65. The highest BCUT2D eigenvalue weighted by Gasteiger charge is 2.38. The Morgan fingerprint density at radius 3 is 2.21 bits per heavy atom. The molecule has 1 aliphatic rings. The molecule has 3 heterocycles. The predicted octanol–water partition coefficient (Wildman–Crippen LogP) is 4.06. The van der Waals surface area contributed by atoms with Crippen LogP contribution in [0.1, 0.15) is 26.4 Å². The highest BCUT2D eigenvalue weighted by Crippen LogP contribution is 2.32. The molecule has 42 heavy (non-hydrogen) atoms. The van der Waals surface area contributed by atoms with Crippen LogP contribution in [0.5, 0.6) is 5.75 Å². The van der Waals surface area contributed by atoms with Gasteiger partial charge in [-0.25, -0.2) is 8.42 Å². The zero-order valence-corrected chi connectivity index (χ0v) is 22.9. The second-order valence-corrected chi connectivity index (χ2v) is 11.0. The SMILES string of the molecule is COc1cc(C(=O)N2CCN(C(=O)c3ncccc3C(F)(F)F)CC2)ccc1NS(=O)(=O)c1cccc2cccnc12. The molecule has 0 unspecified atom stereocenters. The number of carbonyl (C=O) groups is 2. The summed E-state index contributed by atoms with van der Waals surface area (Å²) in [5.41, 5.74) is -1.20. The molecule has 14 heteroatoms. The number of fused-ring (bicyclic) bond motifs is 1. The average Bonchev–Trinajstić information content (AvgIpc) is 2.99. The number of anilines is 1. The number of ether oxygens (including phenoxy) is 1. The van der Waals surface area contributed by atoms with Gasteiger partial charge >= 0.3 is 6.18 Å². The van der Waals surface area contributed by atoms with Crippen molar-refractivity contribution in [3.8, 4) is 5.75 Å². The summed E-state index contributed by atoms with van der Waals surface area (Å²) in [5, 5.41) is 0.649. The lowest BCUT2D eigenvalue weighted by Crippen LogP contribution is -2.51. The fourth-order valence-corrected chi connectivity index (χ4v) is 5.90. The van der Waals surface area contributed by atoms with Gasteiger partial charge in [0.05, 0.1) is 23.9 Å². The third-order valence-corrected chi connectivity index (χ3v) is 8.14. The van der Waals surface area contributed by atoms with Crippen molar-refractivity contribution in [1.82, 2.24) is 19.8 Å². The average molecular weight is 600 g/mol. The predicted molar refractivity (Wildman–Crippen MR) is 147 cm³/mol. The van der Waals surface area contributed by atoms with Crippen molar-refractivity contribution >= 4 is 38.4 Å². The smallest absolute Gasteiger partial charge is 0.418 e. The second kappa shape index (κ2) is 11.3. The third kappa shape index (κ3) is 5.70. The van der Waals surface area contributed by atoms with E-state index in [1.165, 1.54) is 47.4 Å². The summed E-state index contributed by atoms with van der Waals surface area (Å²) < 4.78 is 74.4. The minimum absolute atomic E-state index is 0.00648. The zero-order valence-electron chi connectivity index (χ0n) is 22.1. The van der Waals surface area contributed by atoms with E-state index in [9.17, 15) is 31.2 Å². The minimum atomic E-state index is -4.73. The Morgan fingerprint density at radius 1 is 0.881 bits per heavy atom. The van der Waals surface area contributed by atoms with Gasteiger partial charge in [0, 0.05) is 49.5 Å². The lowest BCUT2D eigenvalue weighted by atomic mass is 10.1. The van der Waals surface area contributed by atoms with Crippen LogP contribution < -0.4 is 9.46 Å². The minimum Gasteiger partial charge on any atom is -0.495 e. The Morgan fingerprint density at radius 2 is 1.52 bits per heavy atom. The first-order chi connectivity index (χ1) is 20.0. The maximum atomic E-state index is 13.3. The summed E-state index contributed by atoms with van der Waals surface area (Å²) in [6.45, 7) is 0.159. The fraction of sp³-hybridized carbons (Fsp3) is 0.214. The van der Waals surface area contributed by atoms with Crippen LogP contribution in [-0.4, -0.2) is 73.3 Å². The molecule has 2 aromatic carbocycles. The number of aromatic nitrogens is 2. The number of methoxy groups -OCH3 is 1. The number of hydrogen-bond donors (Lipinski definition) is 1. The molecule has 0 spiro atoms. The number of hydrogen-bond acceptors (Lipinski definition) is 7. The van der Waals surface area contributed by atoms with Crippen molar-refractivity contribution in [1.29, 1.82) is 0 Å². The summed E-state index contributed by atoms with van der Waals surface area (Å²) in [6, 6.07) is 14.4. The van der Waals surface area contributed by atoms with Crippen LogP contribution in [0.15, 0.2) is 78.0 Å². The number of benzene rings is 2. The molecule has 1 N–H and O–H groups in total. The number of nitrogens with one attached hydrogen (secondary N) is 1. The number of sulfonamides is 1. The quantitative estimate of drug-likeness (QED) is 0.355. The maximum absolute atomic E-state index is 13.3. The van der Waals surface area contributed by atoms with Crippen LogP contribution in [-0.2, 0) is 16.2 Å². The van der Waals surface area contributed by atoms with Crippen molar-refractivity contribution in [3.63, 3.8) is 0 Å². The number of halogens is 3. The van der Waals surface area contributed by atoms with E-state index in [1.54, 1.807) is 24.3 Å². The largest absolute Gasteiger partial charge is 0.495 e. The van der Waals surface area contributed by atoms with E-state index in [4.69, 9.17) is 4.74 Å². The van der Waals surface area contributed by atoms with Gasteiger partial charge in [0.25, 0.3) is 21.8 Å². The molecule has 0 radical (unpaired) electrons. The molecule has 1 saturated heterocycles. The first-order valence-electron chi connectivity index (χ1n) is 12.6. The van der Waals surface area contributed by atoms with Crippen molar-refractivity contribution < 1.29 is 35.9 Å². The van der Waals surface area contributed by atoms with E-state index < -0.39 is 39.3 Å². The molecule has 2 amide bonds. The van der Waals surface area contributed by atoms with Crippen molar-refractivity contribution in [3.05, 3.63) is 89.9 Å². The number of piperazine rings is 1. The van der Waals surface area contributed by atoms with Gasteiger partial charge in [-0.2, -0.15) is 13.2 Å². The van der Waals surface area contributed by atoms with Gasteiger partial charge < -0.3 is 14.5 Å². The van der Waals surface area contributed by atoms with Gasteiger partial charge in [-0.15, -0.1) is 0 Å². The van der Waals surface area contributed by atoms with Crippen molar-refractivity contribution in [2.45, 2.75) is 11.1 Å². The van der Waals surface area contributed by atoms with Gasteiger partial charge in [-0.3, -0.25) is 24.3 Å². The lowest BCUT2D eigenvalue weighted by molar-refractivity contribution is -0.138. The molecule has 0 aliphatic carbocycles. The van der Waals surface area contributed by atoms with Gasteiger partial charge in [-0.05, 0) is 42.5 Å². The standard InChI is InChI=1S/C28H24F3N5O5S/c1-41-22-17-19(9-10-21(22)34-42(39,40)23-8-2-5-18-6-3-11-32-24(18)23)26(37)35-13-15-36(16-14-35)27(38)25-20(28(29,30)31)7-4-12-33-25/h2-12,17,34H,13-16H2,1H3. The van der Waals surface area contributed by atoms with E-state index in [0.29, 0.717) is 10.9 Å². The Hall–Kier alpha value is -4.72. The number of pyridine rings is 2. The molecule has 0 atom stereocenters. The lowest BCUT2D eigenvalue weighted by Gasteiger charge is -2.35. The van der Waals surface area contributed by atoms with Crippen LogP contribution in [0.3, 0.4) is 0 Å². The number of nitrogens with zero attached hydrogens (tertiary/aromatic N) is 4. The number of alkyl halides is 3. The summed E-state index contributed by atoms with van der Waals surface area (Å²) in [5.74, 6) is -1.18. The molecular weight excluding hydrogens is 575 g/mol. The topological polar surface area (TPSA) is 122 Å². The molecule has 218 valence electrons. The molecule has 1 aliphatic heterocycles. The number of amides is 2. The number of para-hydroxylation sites is 1. The maximum Gasteiger partial charge on any atom is 0.418 e. The van der Waals surface area contributed by atoms with E-state index in [1.807, 2.05) is 0 Å². The first-order valence-corrected chi connectivity index (χ1v) is 14.1. The van der Waals surface area contributed by atoms with Crippen molar-refractivity contribution in [2.75, 3.05) is 38.0 Å².